The number of anilines is 3. The van der Waals surface area contributed by atoms with Crippen molar-refractivity contribution in [2.45, 2.75) is 110 Å². The number of pyridine rings is 2. The maximum atomic E-state index is 14.2. The molecule has 2 atom stereocenters. The molecule has 5 aliphatic rings. The normalized spacial score (nSPS) is 19.4. The van der Waals surface area contributed by atoms with Crippen molar-refractivity contribution in [1.29, 1.82) is 0 Å². The van der Waals surface area contributed by atoms with Crippen molar-refractivity contribution in [1.82, 2.24) is 55.0 Å². The molecule has 9 rings (SSSR count). The van der Waals surface area contributed by atoms with Crippen LogP contribution >= 0.6 is 0 Å². The molecule has 3 N–H and O–H groups in total. The highest BCUT2D eigenvalue weighted by molar-refractivity contribution is 6.25. The number of carbonyl (C=O) groups is 6. The number of hydrogen-bond acceptors (Lipinski definition) is 15. The summed E-state index contributed by atoms with van der Waals surface area (Å²) >= 11 is 0. The van der Waals surface area contributed by atoms with E-state index in [2.05, 4.69) is 59.7 Å². The van der Waals surface area contributed by atoms with Gasteiger partial charge in [-0.1, -0.05) is 31.4 Å². The highest BCUT2D eigenvalue weighted by Crippen LogP contribution is 2.36. The summed E-state index contributed by atoms with van der Waals surface area (Å²) in [7, 11) is 2.13. The zero-order valence-electron chi connectivity index (χ0n) is 41.9. The lowest BCUT2D eigenvalue weighted by atomic mass is 10.0. The number of aromatic nitrogens is 5. The first-order chi connectivity index (χ1) is 35.0. The summed E-state index contributed by atoms with van der Waals surface area (Å²) in [5.74, 6) is 0.0733. The Labute approximate surface area is 420 Å². The Hall–Kier alpha value is -6.64. The van der Waals surface area contributed by atoms with Gasteiger partial charge in [0, 0.05) is 82.6 Å². The van der Waals surface area contributed by atoms with E-state index < -0.39 is 29.7 Å². The van der Waals surface area contributed by atoms with E-state index in [9.17, 15) is 28.8 Å². The van der Waals surface area contributed by atoms with E-state index in [4.69, 9.17) is 9.97 Å². The molecule has 3 aromatic heterocycles. The number of carbonyl (C=O) groups excluding carboxylic acids is 6. The number of aryl methyl sites for hydroxylation is 1. The molecule has 382 valence electrons. The number of hydrogen-bond donors (Lipinski definition) is 3. The number of rotatable bonds is 22. The monoisotopic (exact) mass is 985 g/mol. The molecular formula is C52H68N14O6. The zero-order valence-corrected chi connectivity index (χ0v) is 41.9. The third-order valence-corrected chi connectivity index (χ3v) is 14.8. The number of amides is 6. The smallest absolute Gasteiger partial charge is 0.264 e. The molecule has 8 heterocycles. The maximum absolute atomic E-state index is 14.2. The van der Waals surface area contributed by atoms with Crippen molar-refractivity contribution in [2.75, 3.05) is 87.6 Å². The number of nitrogens with zero attached hydrogens (tertiary/aromatic N) is 11. The van der Waals surface area contributed by atoms with Gasteiger partial charge in [0.15, 0.2) is 5.82 Å². The van der Waals surface area contributed by atoms with Crippen LogP contribution in [0.2, 0.25) is 0 Å². The first-order valence-electron chi connectivity index (χ1n) is 25.9. The predicted octanol–water partition coefficient (Wildman–Crippen LogP) is 3.92. The fraction of sp³-hybridized carbons (Fsp3) is 0.538. The van der Waals surface area contributed by atoms with Gasteiger partial charge in [0.1, 0.15) is 29.7 Å². The Bertz CT molecular complexity index is 2670. The lowest BCUT2D eigenvalue weighted by Crippen LogP contribution is -2.54. The first kappa shape index (κ1) is 50.3. The van der Waals surface area contributed by atoms with Crippen molar-refractivity contribution < 1.29 is 28.8 Å². The average Bonchev–Trinajstić information content (AvgIpc) is 4.17. The van der Waals surface area contributed by atoms with Crippen molar-refractivity contribution in [3.05, 3.63) is 76.7 Å². The molecular weight excluding hydrogens is 917 g/mol. The molecule has 1 aromatic carbocycles. The fourth-order valence-electron chi connectivity index (χ4n) is 10.7. The molecule has 5 aliphatic heterocycles. The average molecular weight is 985 g/mol. The van der Waals surface area contributed by atoms with Crippen LogP contribution in [0.25, 0.3) is 11.5 Å². The van der Waals surface area contributed by atoms with Crippen LogP contribution < -0.4 is 25.8 Å². The standard InChI is InChI=1S/C52H68N14O6/c1-4-63-34-55-59-48(63)40-17-11-18-43(56-40)65-31-38-37(50(65)70)30-44(64-25-12-14-35(64)2)57-41(38)32-60(3)23-13-24-61-26-28-62(29-27-61)33-46(68)54-22-9-7-5-6-8-21-53-39-16-10-15-36-47(39)52(72)66(51(36)71)42-19-20-45(67)58-49(42)69/h10-11,15-18,30,34-35,42,53H,4-9,12-14,19-29,31-33H2,1-3H3,(H,54,68)(H,58,67,69)/t35-,42?/m1/s1. The largest absolute Gasteiger partial charge is 0.384 e. The second-order valence-corrected chi connectivity index (χ2v) is 19.8. The second-order valence-electron chi connectivity index (χ2n) is 19.8. The van der Waals surface area contributed by atoms with Gasteiger partial charge < -0.3 is 29.9 Å². The van der Waals surface area contributed by atoms with Gasteiger partial charge in [0.05, 0.1) is 35.5 Å². The molecule has 0 spiro atoms. The molecule has 0 bridgehead atoms. The predicted molar refractivity (Wildman–Crippen MR) is 271 cm³/mol. The van der Waals surface area contributed by atoms with Crippen LogP contribution in [0, 0.1) is 0 Å². The van der Waals surface area contributed by atoms with E-state index >= 15 is 0 Å². The van der Waals surface area contributed by atoms with Crippen LogP contribution in [0.3, 0.4) is 0 Å². The number of piperidine rings is 1. The van der Waals surface area contributed by atoms with Crippen molar-refractivity contribution in [3.63, 3.8) is 0 Å². The Morgan fingerprint density at radius 1 is 0.833 bits per heavy atom. The maximum Gasteiger partial charge on any atom is 0.264 e. The van der Waals surface area contributed by atoms with Crippen LogP contribution in [0.15, 0.2) is 48.8 Å². The number of unbranched alkanes of at least 4 members (excludes halogenated alkanes) is 4. The summed E-state index contributed by atoms with van der Waals surface area (Å²) in [6.07, 6.45) is 9.83. The van der Waals surface area contributed by atoms with Crippen LogP contribution in [-0.4, -0.2) is 164 Å². The van der Waals surface area contributed by atoms with E-state index in [1.54, 1.807) is 29.4 Å². The number of benzene rings is 1. The quantitative estimate of drug-likeness (QED) is 0.0752. The SMILES string of the molecule is CCn1cnnc1-c1cccc(N2Cc3c(cc(N4CCC[C@H]4C)nc3CN(C)CCCN3CCN(CC(=O)NCCCCCCCNc4cccc5c4C(=O)N(C4CCC(=O)NC4=O)C5=O)CC3)C2=O)n1. The van der Waals surface area contributed by atoms with E-state index in [1.165, 1.54) is 0 Å². The van der Waals surface area contributed by atoms with E-state index in [0.717, 1.165) is 119 Å². The van der Waals surface area contributed by atoms with Gasteiger partial charge in [-0.25, -0.2) is 9.97 Å². The lowest BCUT2D eigenvalue weighted by molar-refractivity contribution is -0.136. The van der Waals surface area contributed by atoms with Gasteiger partial charge in [-0.2, -0.15) is 0 Å². The highest BCUT2D eigenvalue weighted by Gasteiger charge is 2.45. The minimum absolute atomic E-state index is 0.0584. The molecule has 0 radical (unpaired) electrons. The van der Waals surface area contributed by atoms with Crippen molar-refractivity contribution in [2.24, 2.45) is 0 Å². The van der Waals surface area contributed by atoms with Crippen LogP contribution in [-0.2, 0) is 34.0 Å². The van der Waals surface area contributed by atoms with Crippen LogP contribution in [0.1, 0.15) is 120 Å². The zero-order chi connectivity index (χ0) is 50.3. The second kappa shape index (κ2) is 22.8. The molecule has 0 aliphatic carbocycles. The molecule has 6 amide bonds. The van der Waals surface area contributed by atoms with E-state index in [0.29, 0.717) is 73.9 Å². The molecule has 4 aromatic rings. The van der Waals surface area contributed by atoms with Gasteiger partial charge in [-0.05, 0) is 103 Å². The van der Waals surface area contributed by atoms with Gasteiger partial charge >= 0.3 is 0 Å². The van der Waals surface area contributed by atoms with E-state index in [-0.39, 0.29) is 35.8 Å². The topological polar surface area (TPSA) is 214 Å². The molecule has 3 fully saturated rings. The molecule has 72 heavy (non-hydrogen) atoms. The molecule has 0 saturated carbocycles. The minimum atomic E-state index is -0.994. The van der Waals surface area contributed by atoms with Crippen LogP contribution in [0.4, 0.5) is 17.3 Å². The number of piperazine rings is 1. The molecule has 20 heteroatoms. The van der Waals surface area contributed by atoms with Crippen molar-refractivity contribution >= 4 is 52.8 Å². The summed E-state index contributed by atoms with van der Waals surface area (Å²) in [6.45, 7) is 14.0. The summed E-state index contributed by atoms with van der Waals surface area (Å²) in [6, 6.07) is 12.1. The third-order valence-electron chi connectivity index (χ3n) is 14.8. The van der Waals surface area contributed by atoms with Crippen molar-refractivity contribution in [3.8, 4) is 11.5 Å². The molecule has 1 unspecified atom stereocenters. The third kappa shape index (κ3) is 11.2. The number of imide groups is 2. The van der Waals surface area contributed by atoms with Gasteiger partial charge in [0.25, 0.3) is 17.7 Å². The summed E-state index contributed by atoms with van der Waals surface area (Å²) in [5, 5.41) is 17.0. The van der Waals surface area contributed by atoms with Gasteiger partial charge in [0.2, 0.25) is 17.7 Å². The fourth-order valence-corrected chi connectivity index (χ4v) is 10.7. The Morgan fingerprint density at radius 3 is 2.39 bits per heavy atom. The van der Waals surface area contributed by atoms with E-state index in [1.807, 2.05) is 35.8 Å². The van der Waals surface area contributed by atoms with Gasteiger partial charge in [-0.3, -0.25) is 48.8 Å². The van der Waals surface area contributed by atoms with Gasteiger partial charge in [-0.15, -0.1) is 10.2 Å². The number of nitrogens with one attached hydrogen (secondary N) is 3. The minimum Gasteiger partial charge on any atom is -0.384 e. The molecule has 20 nitrogen and oxygen atoms in total. The summed E-state index contributed by atoms with van der Waals surface area (Å²) < 4.78 is 1.94. The first-order valence-corrected chi connectivity index (χ1v) is 25.9. The number of fused-ring (bicyclic) bond motifs is 2. The Morgan fingerprint density at radius 2 is 1.61 bits per heavy atom. The summed E-state index contributed by atoms with van der Waals surface area (Å²) in [5.41, 5.74) is 4.38. The van der Waals surface area contributed by atoms with Crippen LogP contribution in [0.5, 0.6) is 0 Å². The Kier molecular flexibility index (Phi) is 16.0. The highest BCUT2D eigenvalue weighted by atomic mass is 16.2. The Balaban J connectivity index is 0.660. The lowest BCUT2D eigenvalue weighted by Gasteiger charge is -2.34. The summed E-state index contributed by atoms with van der Waals surface area (Å²) in [4.78, 5) is 99.8. The molecule has 3 saturated heterocycles.